The van der Waals surface area contributed by atoms with E-state index in [9.17, 15) is 0 Å². The second kappa shape index (κ2) is 13.1. The van der Waals surface area contributed by atoms with Gasteiger partial charge in [-0.3, -0.25) is 4.99 Å². The molecule has 2 N–H and O–H groups in total. The highest BCUT2D eigenvalue weighted by atomic mass is 16.5. The monoisotopic (exact) mass is 438 g/mol. The number of benzene rings is 2. The summed E-state index contributed by atoms with van der Waals surface area (Å²) in [5.41, 5.74) is 4.97. The predicted octanol–water partition coefficient (Wildman–Crippen LogP) is 3.88. The third-order valence-electron chi connectivity index (χ3n) is 5.78. The lowest BCUT2D eigenvalue weighted by Crippen LogP contribution is -2.41. The number of ether oxygens (including phenoxy) is 2. The van der Waals surface area contributed by atoms with Crippen LogP contribution in [0.5, 0.6) is 0 Å². The first-order chi connectivity index (χ1) is 15.7. The number of nitrogens with one attached hydrogen (secondary N) is 2. The molecule has 1 saturated heterocycles. The molecule has 0 amide bonds. The Hall–Kier alpha value is -2.57. The molecule has 32 heavy (non-hydrogen) atoms. The van der Waals surface area contributed by atoms with Gasteiger partial charge in [0, 0.05) is 52.1 Å². The van der Waals surface area contributed by atoms with Crippen molar-refractivity contribution in [3.05, 3.63) is 65.2 Å². The van der Waals surface area contributed by atoms with E-state index in [0.29, 0.717) is 12.7 Å². The van der Waals surface area contributed by atoms with Gasteiger partial charge in [0.25, 0.3) is 0 Å². The van der Waals surface area contributed by atoms with E-state index in [-0.39, 0.29) is 0 Å². The van der Waals surface area contributed by atoms with Gasteiger partial charge in [-0.05, 0) is 55.5 Å². The third kappa shape index (κ3) is 7.84. The molecule has 2 aromatic carbocycles. The van der Waals surface area contributed by atoms with Crippen LogP contribution in [0.3, 0.4) is 0 Å². The largest absolute Gasteiger partial charge is 0.381 e. The average molecular weight is 439 g/mol. The van der Waals surface area contributed by atoms with Gasteiger partial charge in [-0.25, -0.2) is 0 Å². The Bertz CT molecular complexity index is 832. The van der Waals surface area contributed by atoms with Crippen molar-refractivity contribution in [2.75, 3.05) is 44.8 Å². The molecule has 6 heteroatoms. The van der Waals surface area contributed by atoms with E-state index in [1.807, 2.05) is 7.05 Å². The molecule has 1 aliphatic rings. The van der Waals surface area contributed by atoms with Gasteiger partial charge in [0.2, 0.25) is 0 Å². The Morgan fingerprint density at radius 1 is 1.09 bits per heavy atom. The van der Waals surface area contributed by atoms with Gasteiger partial charge < -0.3 is 25.0 Å². The van der Waals surface area contributed by atoms with Crippen LogP contribution in [-0.2, 0) is 22.6 Å². The number of hydrogen-bond acceptors (Lipinski definition) is 4. The number of likely N-dealkylation sites (N-methyl/N-ethyl adjacent to an activating group) is 1. The van der Waals surface area contributed by atoms with Gasteiger partial charge in [-0.15, -0.1) is 0 Å². The molecule has 0 atom stereocenters. The van der Waals surface area contributed by atoms with Crippen LogP contribution < -0.4 is 15.5 Å². The molecule has 2 aromatic rings. The van der Waals surface area contributed by atoms with Gasteiger partial charge in [-0.1, -0.05) is 36.4 Å². The van der Waals surface area contributed by atoms with Crippen molar-refractivity contribution in [2.45, 2.75) is 45.9 Å². The number of nitrogens with zero attached hydrogens (tertiary/aromatic N) is 2. The molecule has 0 saturated carbocycles. The third-order valence-corrected chi connectivity index (χ3v) is 5.78. The van der Waals surface area contributed by atoms with Crippen LogP contribution in [0.15, 0.2) is 53.5 Å². The van der Waals surface area contributed by atoms with Crippen molar-refractivity contribution in [3.8, 4) is 0 Å². The molecule has 0 unspecified atom stereocenters. The lowest BCUT2D eigenvalue weighted by Gasteiger charge is -2.24. The number of aryl methyl sites for hydroxylation is 1. The van der Waals surface area contributed by atoms with Gasteiger partial charge in [0.1, 0.15) is 0 Å². The Balaban J connectivity index is 1.39. The van der Waals surface area contributed by atoms with Crippen molar-refractivity contribution in [3.63, 3.8) is 0 Å². The predicted molar refractivity (Wildman–Crippen MR) is 132 cm³/mol. The molecule has 0 aromatic heterocycles. The number of anilines is 1. The first-order valence-corrected chi connectivity index (χ1v) is 11.7. The fraction of sp³-hybridized carbons (Fsp3) is 0.500. The zero-order chi connectivity index (χ0) is 22.6. The number of hydrogen-bond donors (Lipinski definition) is 2. The van der Waals surface area contributed by atoms with Crippen molar-refractivity contribution in [1.29, 1.82) is 0 Å². The molecule has 1 aliphatic heterocycles. The summed E-state index contributed by atoms with van der Waals surface area (Å²) in [6.07, 6.45) is 2.32. The molecular weight excluding hydrogens is 400 g/mol. The molecule has 0 radical (unpaired) electrons. The van der Waals surface area contributed by atoms with Gasteiger partial charge in [0.15, 0.2) is 5.96 Å². The fourth-order valence-corrected chi connectivity index (χ4v) is 3.82. The summed E-state index contributed by atoms with van der Waals surface area (Å²) in [6, 6.07) is 17.2. The van der Waals surface area contributed by atoms with E-state index in [1.54, 1.807) is 0 Å². The highest BCUT2D eigenvalue weighted by Gasteiger charge is 2.14. The summed E-state index contributed by atoms with van der Waals surface area (Å²) in [6.45, 7) is 10.1. The maximum Gasteiger partial charge on any atom is 0.191 e. The SMILES string of the molecule is CCN(CCNC(=NC)NCc1ccc(COC2CCOCC2)cc1)c1cccc(C)c1. The quantitative estimate of drug-likeness (QED) is 0.435. The minimum absolute atomic E-state index is 0.328. The molecule has 1 heterocycles. The topological polar surface area (TPSA) is 58.1 Å². The van der Waals surface area contributed by atoms with Crippen molar-refractivity contribution < 1.29 is 9.47 Å². The van der Waals surface area contributed by atoms with Crippen molar-refractivity contribution >= 4 is 11.6 Å². The van der Waals surface area contributed by atoms with Crippen LogP contribution >= 0.6 is 0 Å². The van der Waals surface area contributed by atoms with E-state index < -0.39 is 0 Å². The summed E-state index contributed by atoms with van der Waals surface area (Å²) >= 11 is 0. The van der Waals surface area contributed by atoms with E-state index in [2.05, 4.69) is 82.9 Å². The van der Waals surface area contributed by atoms with Gasteiger partial charge in [-0.2, -0.15) is 0 Å². The molecule has 0 bridgehead atoms. The van der Waals surface area contributed by atoms with E-state index in [4.69, 9.17) is 9.47 Å². The summed E-state index contributed by atoms with van der Waals surface area (Å²) in [5.74, 6) is 0.817. The minimum atomic E-state index is 0.328. The van der Waals surface area contributed by atoms with Crippen LogP contribution in [0.25, 0.3) is 0 Å². The summed E-state index contributed by atoms with van der Waals surface area (Å²) < 4.78 is 11.4. The highest BCUT2D eigenvalue weighted by molar-refractivity contribution is 5.79. The smallest absolute Gasteiger partial charge is 0.191 e. The van der Waals surface area contributed by atoms with Gasteiger partial charge >= 0.3 is 0 Å². The molecule has 174 valence electrons. The molecule has 6 nitrogen and oxygen atoms in total. The van der Waals surface area contributed by atoms with Gasteiger partial charge in [0.05, 0.1) is 12.7 Å². The van der Waals surface area contributed by atoms with Crippen LogP contribution in [0.4, 0.5) is 5.69 Å². The normalized spacial score (nSPS) is 14.9. The summed E-state index contributed by atoms with van der Waals surface area (Å²) in [7, 11) is 1.81. The Morgan fingerprint density at radius 3 is 2.53 bits per heavy atom. The van der Waals surface area contributed by atoms with E-state index in [0.717, 1.165) is 58.2 Å². The van der Waals surface area contributed by atoms with E-state index >= 15 is 0 Å². The fourth-order valence-electron chi connectivity index (χ4n) is 3.82. The Morgan fingerprint density at radius 2 is 1.84 bits per heavy atom. The maximum absolute atomic E-state index is 6.01. The first kappa shape index (κ1) is 24.1. The summed E-state index contributed by atoms with van der Waals surface area (Å²) in [5, 5.41) is 6.83. The second-order valence-corrected chi connectivity index (χ2v) is 8.21. The zero-order valence-electron chi connectivity index (χ0n) is 19.8. The molecule has 1 fully saturated rings. The second-order valence-electron chi connectivity index (χ2n) is 8.21. The number of guanidine groups is 1. The van der Waals surface area contributed by atoms with Crippen LogP contribution in [-0.4, -0.2) is 52.0 Å². The van der Waals surface area contributed by atoms with Crippen molar-refractivity contribution in [2.24, 2.45) is 4.99 Å². The van der Waals surface area contributed by atoms with Crippen LogP contribution in [0.1, 0.15) is 36.5 Å². The summed E-state index contributed by atoms with van der Waals surface area (Å²) in [4.78, 5) is 6.73. The maximum atomic E-state index is 6.01. The van der Waals surface area contributed by atoms with Crippen molar-refractivity contribution in [1.82, 2.24) is 10.6 Å². The van der Waals surface area contributed by atoms with Crippen LogP contribution in [0, 0.1) is 6.92 Å². The zero-order valence-corrected chi connectivity index (χ0v) is 19.8. The highest BCUT2D eigenvalue weighted by Crippen LogP contribution is 2.15. The Labute approximate surface area is 193 Å². The first-order valence-electron chi connectivity index (χ1n) is 11.7. The molecule has 0 aliphatic carbocycles. The van der Waals surface area contributed by atoms with Crippen LogP contribution in [0.2, 0.25) is 0 Å². The lowest BCUT2D eigenvalue weighted by atomic mass is 10.1. The molecular formula is C26H38N4O2. The molecule has 3 rings (SSSR count). The minimum Gasteiger partial charge on any atom is -0.381 e. The Kier molecular flexibility index (Phi) is 9.85. The number of aliphatic imine (C=N–C) groups is 1. The standard InChI is InChI=1S/C26H38N4O2/c1-4-30(24-7-5-6-21(2)18-24)15-14-28-26(27-3)29-19-22-8-10-23(11-9-22)20-32-25-12-16-31-17-13-25/h5-11,18,25H,4,12-17,19-20H2,1-3H3,(H2,27,28,29). The lowest BCUT2D eigenvalue weighted by molar-refractivity contribution is -0.0390. The molecule has 0 spiro atoms. The number of rotatable bonds is 10. The average Bonchev–Trinajstić information content (AvgIpc) is 2.84. The van der Waals surface area contributed by atoms with E-state index in [1.165, 1.54) is 22.4 Å².